The van der Waals surface area contributed by atoms with Crippen molar-refractivity contribution in [1.29, 1.82) is 0 Å². The number of hydrogen-bond donors (Lipinski definition) is 1. The van der Waals surface area contributed by atoms with Gasteiger partial charge < -0.3 is 10.2 Å². The molecule has 0 bridgehead atoms. The van der Waals surface area contributed by atoms with Crippen LogP contribution in [0.3, 0.4) is 0 Å². The summed E-state index contributed by atoms with van der Waals surface area (Å²) in [6.45, 7) is 4.12. The standard InChI is InChI=1S/C28H29N3O2/c1-22(32)29-26(21-23-11-5-2-6-12-23)28(33)31-19-17-30(18-20-31)27(24-13-7-3-8-14-24)25-15-9-4-10-16-25/h2-16,21,27H,17-20H2,1H3,(H,29,32). The molecule has 0 unspecified atom stereocenters. The maximum atomic E-state index is 13.3. The van der Waals surface area contributed by atoms with E-state index in [0.29, 0.717) is 18.8 Å². The summed E-state index contributed by atoms with van der Waals surface area (Å²) in [6, 6.07) is 30.7. The van der Waals surface area contributed by atoms with Gasteiger partial charge in [0.05, 0.1) is 6.04 Å². The number of piperazine rings is 1. The van der Waals surface area contributed by atoms with Crippen molar-refractivity contribution in [2.45, 2.75) is 13.0 Å². The van der Waals surface area contributed by atoms with Crippen LogP contribution in [0, 0.1) is 0 Å². The lowest BCUT2D eigenvalue weighted by molar-refractivity contribution is -0.131. The molecule has 1 heterocycles. The second-order valence-electron chi connectivity index (χ2n) is 8.20. The van der Waals surface area contributed by atoms with E-state index in [0.717, 1.165) is 18.7 Å². The van der Waals surface area contributed by atoms with Crippen LogP contribution in [-0.4, -0.2) is 47.8 Å². The Labute approximate surface area is 195 Å². The number of carbonyl (C=O) groups excluding carboxylic acids is 2. The Hall–Kier alpha value is -3.70. The number of hydrogen-bond acceptors (Lipinski definition) is 3. The summed E-state index contributed by atoms with van der Waals surface area (Å²) in [6.07, 6.45) is 1.74. The Morgan fingerprint density at radius 2 is 1.24 bits per heavy atom. The van der Waals surface area contributed by atoms with Gasteiger partial charge in [-0.2, -0.15) is 0 Å². The molecule has 3 aromatic rings. The van der Waals surface area contributed by atoms with Crippen molar-refractivity contribution in [3.05, 3.63) is 113 Å². The molecule has 2 amide bonds. The quantitative estimate of drug-likeness (QED) is 0.589. The zero-order valence-corrected chi connectivity index (χ0v) is 18.9. The molecule has 3 aromatic carbocycles. The molecule has 1 aliphatic rings. The molecule has 1 fully saturated rings. The molecule has 1 aliphatic heterocycles. The van der Waals surface area contributed by atoms with Crippen molar-refractivity contribution in [2.75, 3.05) is 26.2 Å². The molecule has 5 heteroatoms. The SMILES string of the molecule is CC(=O)NC(=Cc1ccccc1)C(=O)N1CCN(C(c2ccccc2)c2ccccc2)CC1. The summed E-state index contributed by atoms with van der Waals surface area (Å²) in [5.41, 5.74) is 3.67. The fourth-order valence-electron chi connectivity index (χ4n) is 4.30. The van der Waals surface area contributed by atoms with Crippen molar-refractivity contribution in [3.63, 3.8) is 0 Å². The van der Waals surface area contributed by atoms with Gasteiger partial charge in [0, 0.05) is 33.1 Å². The van der Waals surface area contributed by atoms with Crippen LogP contribution in [0.5, 0.6) is 0 Å². The van der Waals surface area contributed by atoms with E-state index in [-0.39, 0.29) is 17.9 Å². The number of carbonyl (C=O) groups is 2. The lowest BCUT2D eigenvalue weighted by atomic mass is 9.96. The van der Waals surface area contributed by atoms with Crippen LogP contribution in [0.2, 0.25) is 0 Å². The average Bonchev–Trinajstić information content (AvgIpc) is 2.85. The van der Waals surface area contributed by atoms with Crippen LogP contribution < -0.4 is 5.32 Å². The highest BCUT2D eigenvalue weighted by atomic mass is 16.2. The molecule has 5 nitrogen and oxygen atoms in total. The number of amides is 2. The van der Waals surface area contributed by atoms with E-state index in [2.05, 4.69) is 58.7 Å². The van der Waals surface area contributed by atoms with Crippen molar-refractivity contribution < 1.29 is 9.59 Å². The van der Waals surface area contributed by atoms with Gasteiger partial charge in [-0.3, -0.25) is 14.5 Å². The molecule has 0 atom stereocenters. The third-order valence-electron chi connectivity index (χ3n) is 5.85. The molecule has 1 saturated heterocycles. The Bertz CT molecular complexity index is 1050. The molecular formula is C28H29N3O2. The Kier molecular flexibility index (Phi) is 7.33. The van der Waals surface area contributed by atoms with Crippen LogP contribution in [-0.2, 0) is 9.59 Å². The molecule has 0 radical (unpaired) electrons. The first-order chi connectivity index (χ1) is 16.1. The molecule has 168 valence electrons. The average molecular weight is 440 g/mol. The maximum Gasteiger partial charge on any atom is 0.270 e. The highest BCUT2D eigenvalue weighted by molar-refractivity contribution is 6.01. The third kappa shape index (κ3) is 5.76. The van der Waals surface area contributed by atoms with Crippen molar-refractivity contribution in [1.82, 2.24) is 15.1 Å². The van der Waals surface area contributed by atoms with E-state index >= 15 is 0 Å². The first kappa shape index (κ1) is 22.5. The lowest BCUT2D eigenvalue weighted by Crippen LogP contribution is -2.51. The number of rotatable bonds is 6. The van der Waals surface area contributed by atoms with Crippen LogP contribution in [0.4, 0.5) is 0 Å². The van der Waals surface area contributed by atoms with Gasteiger partial charge in [0.25, 0.3) is 5.91 Å². The van der Waals surface area contributed by atoms with Crippen LogP contribution in [0.1, 0.15) is 29.7 Å². The minimum absolute atomic E-state index is 0.138. The van der Waals surface area contributed by atoms with Crippen LogP contribution in [0.25, 0.3) is 6.08 Å². The Morgan fingerprint density at radius 1 is 0.758 bits per heavy atom. The summed E-state index contributed by atoms with van der Waals surface area (Å²) in [4.78, 5) is 29.3. The minimum Gasteiger partial charge on any atom is -0.335 e. The van der Waals surface area contributed by atoms with Crippen molar-refractivity contribution in [2.24, 2.45) is 0 Å². The van der Waals surface area contributed by atoms with Gasteiger partial charge in [-0.15, -0.1) is 0 Å². The Morgan fingerprint density at radius 3 is 1.73 bits per heavy atom. The van der Waals surface area contributed by atoms with E-state index in [1.54, 1.807) is 6.08 Å². The molecular weight excluding hydrogens is 410 g/mol. The fraction of sp³-hybridized carbons (Fsp3) is 0.214. The van der Waals surface area contributed by atoms with E-state index < -0.39 is 0 Å². The topological polar surface area (TPSA) is 52.7 Å². The molecule has 0 aliphatic carbocycles. The largest absolute Gasteiger partial charge is 0.335 e. The normalized spacial score (nSPS) is 14.8. The van der Waals surface area contributed by atoms with Crippen molar-refractivity contribution in [3.8, 4) is 0 Å². The van der Waals surface area contributed by atoms with Crippen molar-refractivity contribution >= 4 is 17.9 Å². The second kappa shape index (κ2) is 10.7. The van der Waals surface area contributed by atoms with Gasteiger partial charge in [-0.1, -0.05) is 91.0 Å². The van der Waals surface area contributed by atoms with Crippen LogP contribution in [0.15, 0.2) is 96.7 Å². The Balaban J connectivity index is 1.51. The summed E-state index contributed by atoms with van der Waals surface area (Å²) < 4.78 is 0. The van der Waals surface area contributed by atoms with Gasteiger partial charge >= 0.3 is 0 Å². The summed E-state index contributed by atoms with van der Waals surface area (Å²) in [7, 11) is 0. The molecule has 1 N–H and O–H groups in total. The van der Waals surface area contributed by atoms with Gasteiger partial charge in [-0.25, -0.2) is 0 Å². The predicted octanol–water partition coefficient (Wildman–Crippen LogP) is 4.10. The minimum atomic E-state index is -0.252. The van der Waals surface area contributed by atoms with Gasteiger partial charge in [0.15, 0.2) is 0 Å². The fourth-order valence-corrected chi connectivity index (χ4v) is 4.30. The van der Waals surface area contributed by atoms with E-state index in [1.165, 1.54) is 18.1 Å². The second-order valence-corrected chi connectivity index (χ2v) is 8.20. The molecule has 0 aromatic heterocycles. The third-order valence-corrected chi connectivity index (χ3v) is 5.85. The first-order valence-corrected chi connectivity index (χ1v) is 11.3. The summed E-state index contributed by atoms with van der Waals surface area (Å²) >= 11 is 0. The zero-order valence-electron chi connectivity index (χ0n) is 18.9. The van der Waals surface area contributed by atoms with Gasteiger partial charge in [-0.05, 0) is 22.8 Å². The van der Waals surface area contributed by atoms with Gasteiger partial charge in [0.1, 0.15) is 5.70 Å². The number of benzene rings is 3. The highest BCUT2D eigenvalue weighted by Crippen LogP contribution is 2.29. The van der Waals surface area contributed by atoms with E-state index in [4.69, 9.17) is 0 Å². The highest BCUT2D eigenvalue weighted by Gasteiger charge is 2.29. The van der Waals surface area contributed by atoms with E-state index in [1.807, 2.05) is 47.4 Å². The van der Waals surface area contributed by atoms with E-state index in [9.17, 15) is 9.59 Å². The zero-order chi connectivity index (χ0) is 23.0. The molecule has 33 heavy (non-hydrogen) atoms. The molecule has 0 saturated carbocycles. The maximum absolute atomic E-state index is 13.3. The number of nitrogens with zero attached hydrogens (tertiary/aromatic N) is 2. The molecule has 0 spiro atoms. The predicted molar refractivity (Wildman–Crippen MR) is 131 cm³/mol. The summed E-state index contributed by atoms with van der Waals surface area (Å²) in [5, 5.41) is 2.73. The first-order valence-electron chi connectivity index (χ1n) is 11.3. The van der Waals surface area contributed by atoms with Crippen LogP contribution >= 0.6 is 0 Å². The smallest absolute Gasteiger partial charge is 0.270 e. The molecule has 4 rings (SSSR count). The number of nitrogens with one attached hydrogen (secondary N) is 1. The van der Waals surface area contributed by atoms with Gasteiger partial charge in [0.2, 0.25) is 5.91 Å². The monoisotopic (exact) mass is 439 g/mol. The lowest BCUT2D eigenvalue weighted by Gasteiger charge is -2.40. The summed E-state index contributed by atoms with van der Waals surface area (Å²) in [5.74, 6) is -0.401.